The summed E-state index contributed by atoms with van der Waals surface area (Å²) < 4.78 is 11.4. The smallest absolute Gasteiger partial charge is 0.304 e. The van der Waals surface area contributed by atoms with Crippen LogP contribution in [0.4, 0.5) is 0 Å². The molecule has 129 valence electrons. The third-order valence-electron chi connectivity index (χ3n) is 4.39. The third kappa shape index (κ3) is 5.85. The standard InChI is InChI=1S/C18H33B2O3/c1-14(2,3)12-18(16(6,7)20-18)13(21)23-15(4,5)10-11-22-17(8,9)19/h10-12H2,1-9H3. The van der Waals surface area contributed by atoms with E-state index in [1.807, 2.05) is 27.7 Å². The number of ether oxygens (including phenoxy) is 2. The van der Waals surface area contributed by atoms with Crippen molar-refractivity contribution in [2.45, 2.75) is 96.9 Å². The Morgan fingerprint density at radius 3 is 1.91 bits per heavy atom. The van der Waals surface area contributed by atoms with Crippen molar-refractivity contribution in [3.05, 3.63) is 0 Å². The molecule has 23 heavy (non-hydrogen) atoms. The van der Waals surface area contributed by atoms with E-state index in [2.05, 4.69) is 41.9 Å². The van der Waals surface area contributed by atoms with Gasteiger partial charge in [-0.05, 0) is 39.5 Å². The molecule has 0 aromatic carbocycles. The van der Waals surface area contributed by atoms with E-state index in [9.17, 15) is 4.79 Å². The molecule has 3 radical (unpaired) electrons. The van der Waals surface area contributed by atoms with Crippen LogP contribution in [0, 0.1) is 5.41 Å². The molecule has 0 bridgehead atoms. The van der Waals surface area contributed by atoms with Gasteiger partial charge in [0, 0.05) is 17.2 Å². The van der Waals surface area contributed by atoms with Gasteiger partial charge < -0.3 is 9.47 Å². The molecule has 1 saturated heterocycles. The number of hydrogen-bond donors (Lipinski definition) is 0. The number of hydrogen-bond acceptors (Lipinski definition) is 3. The molecular formula is C18H33B2O3. The Kier molecular flexibility index (Phi) is 5.49. The highest BCUT2D eigenvalue weighted by molar-refractivity contribution is 6.66. The van der Waals surface area contributed by atoms with Crippen molar-refractivity contribution < 1.29 is 14.3 Å². The van der Waals surface area contributed by atoms with Gasteiger partial charge in [0.25, 0.3) is 0 Å². The fraction of sp³-hybridized carbons (Fsp3) is 0.944. The van der Waals surface area contributed by atoms with Crippen LogP contribution < -0.4 is 0 Å². The van der Waals surface area contributed by atoms with E-state index < -0.39 is 16.4 Å². The maximum atomic E-state index is 12.9. The lowest BCUT2D eigenvalue weighted by atomic mass is 9.74. The Labute approximate surface area is 144 Å². The second-order valence-electron chi connectivity index (χ2n) is 9.93. The van der Waals surface area contributed by atoms with Gasteiger partial charge >= 0.3 is 5.97 Å². The SMILES string of the molecule is [B]C(C)(C)OCCC(C)(C)OC(=O)C1(CC(C)(C)C)[B]C1(C)C. The summed E-state index contributed by atoms with van der Waals surface area (Å²) in [5.41, 5.74) is -1.17. The first kappa shape index (κ1) is 20.6. The molecule has 1 heterocycles. The Morgan fingerprint density at radius 1 is 1.09 bits per heavy atom. The quantitative estimate of drug-likeness (QED) is 0.523. The number of esters is 1. The maximum absolute atomic E-state index is 12.9. The molecule has 0 N–H and O–H groups in total. The zero-order valence-electron chi connectivity index (χ0n) is 16.5. The highest BCUT2D eigenvalue weighted by atomic mass is 16.6. The van der Waals surface area contributed by atoms with Crippen LogP contribution in [0.5, 0.6) is 0 Å². The highest BCUT2D eigenvalue weighted by Gasteiger charge is 2.68. The predicted molar refractivity (Wildman–Crippen MR) is 97.1 cm³/mol. The largest absolute Gasteiger partial charge is 0.460 e. The summed E-state index contributed by atoms with van der Waals surface area (Å²) in [7, 11) is 7.94. The first-order valence-electron chi connectivity index (χ1n) is 8.53. The highest BCUT2D eigenvalue weighted by Crippen LogP contribution is 2.73. The second-order valence-corrected chi connectivity index (χ2v) is 9.93. The zero-order chi connectivity index (χ0) is 18.3. The fourth-order valence-corrected chi connectivity index (χ4v) is 3.04. The predicted octanol–water partition coefficient (Wildman–Crippen LogP) is 4.13. The fourth-order valence-electron chi connectivity index (χ4n) is 3.04. The molecule has 3 nitrogen and oxygen atoms in total. The van der Waals surface area contributed by atoms with Crippen molar-refractivity contribution in [2.75, 3.05) is 6.61 Å². The van der Waals surface area contributed by atoms with Crippen molar-refractivity contribution in [2.24, 2.45) is 5.41 Å². The van der Waals surface area contributed by atoms with E-state index in [1.165, 1.54) is 0 Å². The van der Waals surface area contributed by atoms with Crippen molar-refractivity contribution in [3.63, 3.8) is 0 Å². The Hall–Kier alpha value is -0.440. The van der Waals surface area contributed by atoms with Gasteiger partial charge in [-0.2, -0.15) is 0 Å². The molecule has 0 saturated carbocycles. The van der Waals surface area contributed by atoms with Crippen LogP contribution in [-0.4, -0.2) is 38.8 Å². The molecular weight excluding hydrogens is 286 g/mol. The topological polar surface area (TPSA) is 35.5 Å². The molecule has 1 rings (SSSR count). The van der Waals surface area contributed by atoms with Gasteiger partial charge in [0.1, 0.15) is 20.7 Å². The van der Waals surface area contributed by atoms with Crippen molar-refractivity contribution in [3.8, 4) is 0 Å². The minimum atomic E-state index is -0.667. The van der Waals surface area contributed by atoms with E-state index in [-0.39, 0.29) is 16.7 Å². The van der Waals surface area contributed by atoms with Gasteiger partial charge in [-0.1, -0.05) is 39.9 Å². The van der Waals surface area contributed by atoms with Crippen LogP contribution in [0.2, 0.25) is 10.6 Å². The van der Waals surface area contributed by atoms with Crippen LogP contribution in [0.3, 0.4) is 0 Å². The summed E-state index contributed by atoms with van der Waals surface area (Å²) >= 11 is 0. The van der Waals surface area contributed by atoms with Crippen LogP contribution in [-0.2, 0) is 14.3 Å². The average Bonchev–Trinajstić information content (AvgIpc) is 2.75. The molecule has 0 aliphatic carbocycles. The second kappa shape index (κ2) is 6.13. The molecule has 0 spiro atoms. The van der Waals surface area contributed by atoms with Crippen molar-refractivity contribution in [1.82, 2.24) is 0 Å². The van der Waals surface area contributed by atoms with Crippen molar-refractivity contribution >= 4 is 21.1 Å². The summed E-state index contributed by atoms with van der Waals surface area (Å²) in [4.78, 5) is 12.9. The first-order valence-corrected chi connectivity index (χ1v) is 8.53. The molecule has 1 aliphatic heterocycles. The first-order chi connectivity index (χ1) is 10.00. The van der Waals surface area contributed by atoms with E-state index in [1.54, 1.807) is 0 Å². The minimum Gasteiger partial charge on any atom is -0.460 e. The Balaban J connectivity index is 2.69. The molecule has 1 aliphatic rings. The van der Waals surface area contributed by atoms with E-state index in [0.29, 0.717) is 13.0 Å². The van der Waals surface area contributed by atoms with E-state index in [4.69, 9.17) is 17.3 Å². The minimum absolute atomic E-state index is 0.0696. The van der Waals surface area contributed by atoms with Crippen LogP contribution in [0.1, 0.15) is 75.2 Å². The van der Waals surface area contributed by atoms with E-state index >= 15 is 0 Å². The van der Waals surface area contributed by atoms with Crippen LogP contribution in [0.15, 0.2) is 0 Å². The maximum Gasteiger partial charge on any atom is 0.304 e. The van der Waals surface area contributed by atoms with Gasteiger partial charge in [0.2, 0.25) is 0 Å². The third-order valence-corrected chi connectivity index (χ3v) is 4.39. The number of carbonyl (C=O) groups is 1. The van der Waals surface area contributed by atoms with Gasteiger partial charge in [0.15, 0.2) is 0 Å². The molecule has 0 aromatic rings. The molecule has 0 aromatic heterocycles. The molecule has 1 unspecified atom stereocenters. The van der Waals surface area contributed by atoms with Gasteiger partial charge in [-0.25, -0.2) is 0 Å². The van der Waals surface area contributed by atoms with Gasteiger partial charge in [0.05, 0.1) is 6.61 Å². The summed E-state index contributed by atoms with van der Waals surface area (Å²) in [6.45, 7) is 18.6. The van der Waals surface area contributed by atoms with Gasteiger partial charge in [-0.3, -0.25) is 4.79 Å². The summed E-state index contributed by atoms with van der Waals surface area (Å²) in [6, 6.07) is 0. The van der Waals surface area contributed by atoms with E-state index in [0.717, 1.165) is 6.42 Å². The Bertz CT molecular complexity index is 444. The molecule has 1 atom stereocenters. The monoisotopic (exact) mass is 319 g/mol. The summed E-state index contributed by atoms with van der Waals surface area (Å²) in [6.07, 6.45) is 1.42. The number of rotatable bonds is 7. The van der Waals surface area contributed by atoms with Crippen molar-refractivity contribution in [1.29, 1.82) is 0 Å². The lowest BCUT2D eigenvalue weighted by Gasteiger charge is -2.33. The lowest BCUT2D eigenvalue weighted by molar-refractivity contribution is -0.162. The normalized spacial score (nSPS) is 24.0. The van der Waals surface area contributed by atoms with Crippen LogP contribution in [0.25, 0.3) is 0 Å². The van der Waals surface area contributed by atoms with Gasteiger partial charge in [-0.15, -0.1) is 0 Å². The zero-order valence-corrected chi connectivity index (χ0v) is 16.5. The molecule has 5 heteroatoms. The number of carbonyl (C=O) groups excluding carboxylic acids is 1. The van der Waals surface area contributed by atoms with Crippen LogP contribution >= 0.6 is 0 Å². The Morgan fingerprint density at radius 2 is 1.57 bits per heavy atom. The summed E-state index contributed by atoms with van der Waals surface area (Å²) in [5.74, 6) is -0.116. The molecule has 0 amide bonds. The average molecular weight is 319 g/mol. The molecule has 1 fully saturated rings. The summed E-state index contributed by atoms with van der Waals surface area (Å²) in [5, 5.41) is -0.584. The lowest BCUT2D eigenvalue weighted by Crippen LogP contribution is -2.35.